The van der Waals surface area contributed by atoms with E-state index in [4.69, 9.17) is 0 Å². The van der Waals surface area contributed by atoms with Crippen LogP contribution in [0.2, 0.25) is 0 Å². The first-order valence-corrected chi connectivity index (χ1v) is 5.74. The molecule has 0 aromatic carbocycles. The maximum absolute atomic E-state index is 11.3. The Balaban J connectivity index is 3.88. The van der Waals surface area contributed by atoms with Crippen LogP contribution in [-0.2, 0) is 4.79 Å². The lowest BCUT2D eigenvalue weighted by Gasteiger charge is -2.25. The third-order valence-corrected chi connectivity index (χ3v) is 2.43. The minimum atomic E-state index is -0.783. The van der Waals surface area contributed by atoms with Gasteiger partial charge >= 0.3 is 0 Å². The Kier molecular flexibility index (Phi) is 5.88. The Labute approximate surface area is 93.3 Å². The van der Waals surface area contributed by atoms with Crippen LogP contribution >= 0.6 is 0 Å². The molecular weight excluding hydrogens is 190 g/mol. The third-order valence-electron chi connectivity index (χ3n) is 2.43. The number of carbonyl (C=O) groups excluding carboxylic acids is 1. The number of carbonyl (C=O) groups is 1. The summed E-state index contributed by atoms with van der Waals surface area (Å²) >= 11 is 0. The maximum Gasteiger partial charge on any atom is 0.222 e. The van der Waals surface area contributed by atoms with Gasteiger partial charge in [-0.1, -0.05) is 27.7 Å². The van der Waals surface area contributed by atoms with Crippen LogP contribution < -0.4 is 5.32 Å². The van der Waals surface area contributed by atoms with Crippen molar-refractivity contribution in [3.63, 3.8) is 0 Å². The quantitative estimate of drug-likeness (QED) is 0.711. The van der Waals surface area contributed by atoms with E-state index in [9.17, 15) is 9.90 Å². The topological polar surface area (TPSA) is 49.3 Å². The zero-order valence-corrected chi connectivity index (χ0v) is 10.6. The first kappa shape index (κ1) is 14.4. The van der Waals surface area contributed by atoms with Gasteiger partial charge in [0.25, 0.3) is 0 Å². The lowest BCUT2D eigenvalue weighted by atomic mass is 9.95. The van der Waals surface area contributed by atoms with Crippen molar-refractivity contribution in [1.82, 2.24) is 5.32 Å². The van der Waals surface area contributed by atoms with Gasteiger partial charge in [0.15, 0.2) is 0 Å². The molecule has 1 unspecified atom stereocenters. The SMILES string of the molecule is CC(C)CCC(C)(O)CNC(=O)C(C)C. The summed E-state index contributed by atoms with van der Waals surface area (Å²) in [6.45, 7) is 10.1. The highest BCUT2D eigenvalue weighted by molar-refractivity contribution is 5.77. The van der Waals surface area contributed by atoms with Crippen LogP contribution in [0, 0.1) is 11.8 Å². The number of nitrogens with one attached hydrogen (secondary N) is 1. The molecule has 0 aromatic rings. The highest BCUT2D eigenvalue weighted by Gasteiger charge is 2.21. The van der Waals surface area contributed by atoms with Crippen molar-refractivity contribution in [1.29, 1.82) is 0 Å². The van der Waals surface area contributed by atoms with Crippen LogP contribution in [0.5, 0.6) is 0 Å². The van der Waals surface area contributed by atoms with E-state index in [1.807, 2.05) is 13.8 Å². The van der Waals surface area contributed by atoms with Gasteiger partial charge in [-0.25, -0.2) is 0 Å². The Bertz CT molecular complexity index is 198. The summed E-state index contributed by atoms with van der Waals surface area (Å²) in [6, 6.07) is 0. The van der Waals surface area contributed by atoms with Crippen molar-refractivity contribution in [3.8, 4) is 0 Å². The lowest BCUT2D eigenvalue weighted by Crippen LogP contribution is -2.42. The van der Waals surface area contributed by atoms with Gasteiger partial charge in [0.05, 0.1) is 5.60 Å². The molecule has 0 aromatic heterocycles. The predicted octanol–water partition coefficient (Wildman–Crippen LogP) is 1.95. The molecule has 0 aliphatic carbocycles. The standard InChI is InChI=1S/C12H25NO2/c1-9(2)6-7-12(5,15)8-13-11(14)10(3)4/h9-10,15H,6-8H2,1-5H3,(H,13,14). The molecule has 3 heteroatoms. The number of amides is 1. The molecule has 0 aliphatic rings. The summed E-state index contributed by atoms with van der Waals surface area (Å²) in [6.07, 6.45) is 1.70. The average molecular weight is 215 g/mol. The van der Waals surface area contributed by atoms with E-state index < -0.39 is 5.60 Å². The molecular formula is C12H25NO2. The fourth-order valence-electron chi connectivity index (χ4n) is 1.17. The number of hydrogen-bond donors (Lipinski definition) is 2. The summed E-state index contributed by atoms with van der Waals surface area (Å²) in [7, 11) is 0. The van der Waals surface area contributed by atoms with E-state index >= 15 is 0 Å². The molecule has 0 heterocycles. The van der Waals surface area contributed by atoms with E-state index in [1.54, 1.807) is 6.92 Å². The van der Waals surface area contributed by atoms with Crippen LogP contribution in [0.3, 0.4) is 0 Å². The van der Waals surface area contributed by atoms with Crippen LogP contribution in [0.25, 0.3) is 0 Å². The number of hydrogen-bond acceptors (Lipinski definition) is 2. The molecule has 0 radical (unpaired) electrons. The molecule has 15 heavy (non-hydrogen) atoms. The van der Waals surface area contributed by atoms with Gasteiger partial charge in [-0.3, -0.25) is 4.79 Å². The Morgan fingerprint density at radius 1 is 1.33 bits per heavy atom. The van der Waals surface area contributed by atoms with Crippen molar-refractivity contribution >= 4 is 5.91 Å². The van der Waals surface area contributed by atoms with Crippen LogP contribution in [0.1, 0.15) is 47.5 Å². The second-order valence-corrected chi connectivity index (χ2v) is 5.30. The highest BCUT2D eigenvalue weighted by atomic mass is 16.3. The maximum atomic E-state index is 11.3. The van der Waals surface area contributed by atoms with Crippen molar-refractivity contribution < 1.29 is 9.90 Å². The molecule has 0 fully saturated rings. The monoisotopic (exact) mass is 215 g/mol. The van der Waals surface area contributed by atoms with Gasteiger partial charge in [0.2, 0.25) is 5.91 Å². The van der Waals surface area contributed by atoms with Crippen LogP contribution in [-0.4, -0.2) is 23.2 Å². The van der Waals surface area contributed by atoms with Gasteiger partial charge in [0, 0.05) is 12.5 Å². The first-order chi connectivity index (χ1) is 6.74. The normalized spacial score (nSPS) is 15.5. The fourth-order valence-corrected chi connectivity index (χ4v) is 1.17. The molecule has 0 spiro atoms. The molecule has 0 bridgehead atoms. The van der Waals surface area contributed by atoms with Gasteiger partial charge in [0.1, 0.15) is 0 Å². The zero-order chi connectivity index (χ0) is 12.1. The molecule has 0 aliphatic heterocycles. The smallest absolute Gasteiger partial charge is 0.222 e. The fraction of sp³-hybridized carbons (Fsp3) is 0.917. The highest BCUT2D eigenvalue weighted by Crippen LogP contribution is 2.15. The van der Waals surface area contributed by atoms with Crippen LogP contribution in [0.4, 0.5) is 0 Å². The molecule has 3 nitrogen and oxygen atoms in total. The Hall–Kier alpha value is -0.570. The van der Waals surface area contributed by atoms with E-state index in [-0.39, 0.29) is 11.8 Å². The molecule has 0 rings (SSSR count). The molecule has 90 valence electrons. The van der Waals surface area contributed by atoms with Crippen molar-refractivity contribution in [2.45, 2.75) is 53.1 Å². The van der Waals surface area contributed by atoms with E-state index in [1.165, 1.54) is 0 Å². The van der Waals surface area contributed by atoms with Crippen molar-refractivity contribution in [2.24, 2.45) is 11.8 Å². The zero-order valence-electron chi connectivity index (χ0n) is 10.6. The van der Waals surface area contributed by atoms with Gasteiger partial charge in [-0.15, -0.1) is 0 Å². The van der Waals surface area contributed by atoms with E-state index in [0.29, 0.717) is 12.5 Å². The number of aliphatic hydroxyl groups is 1. The largest absolute Gasteiger partial charge is 0.388 e. The predicted molar refractivity (Wildman–Crippen MR) is 62.5 cm³/mol. The minimum Gasteiger partial charge on any atom is -0.388 e. The molecule has 1 amide bonds. The van der Waals surface area contributed by atoms with Gasteiger partial charge in [-0.2, -0.15) is 0 Å². The third kappa shape index (κ3) is 7.37. The summed E-state index contributed by atoms with van der Waals surface area (Å²) in [5, 5.41) is 12.7. The summed E-state index contributed by atoms with van der Waals surface area (Å²) in [4.78, 5) is 11.3. The van der Waals surface area contributed by atoms with Gasteiger partial charge in [-0.05, 0) is 25.7 Å². The minimum absolute atomic E-state index is 0.000165. The van der Waals surface area contributed by atoms with Crippen LogP contribution in [0.15, 0.2) is 0 Å². The van der Waals surface area contributed by atoms with Crippen molar-refractivity contribution in [3.05, 3.63) is 0 Å². The van der Waals surface area contributed by atoms with E-state index in [0.717, 1.165) is 12.8 Å². The molecule has 2 N–H and O–H groups in total. The Morgan fingerprint density at radius 3 is 2.27 bits per heavy atom. The molecule has 0 saturated heterocycles. The first-order valence-electron chi connectivity index (χ1n) is 5.74. The van der Waals surface area contributed by atoms with Gasteiger partial charge < -0.3 is 10.4 Å². The summed E-state index contributed by atoms with van der Waals surface area (Å²) in [5.74, 6) is 0.558. The summed E-state index contributed by atoms with van der Waals surface area (Å²) < 4.78 is 0. The number of rotatable bonds is 6. The summed E-state index contributed by atoms with van der Waals surface area (Å²) in [5.41, 5.74) is -0.783. The van der Waals surface area contributed by atoms with Crippen molar-refractivity contribution in [2.75, 3.05) is 6.54 Å². The molecule has 1 atom stereocenters. The average Bonchev–Trinajstić information content (AvgIpc) is 2.11. The second kappa shape index (κ2) is 6.11. The lowest BCUT2D eigenvalue weighted by molar-refractivity contribution is -0.125. The van der Waals surface area contributed by atoms with E-state index in [2.05, 4.69) is 19.2 Å². The molecule has 0 saturated carbocycles. The Morgan fingerprint density at radius 2 is 1.87 bits per heavy atom. The second-order valence-electron chi connectivity index (χ2n) is 5.30.